The van der Waals surface area contributed by atoms with Gasteiger partial charge in [-0.2, -0.15) is 0 Å². The number of urea groups is 1. The first kappa shape index (κ1) is 25.5. The van der Waals surface area contributed by atoms with Crippen LogP contribution < -0.4 is 15.5 Å². The molecule has 0 aliphatic heterocycles. The standard InChI is InChI=1S/C27H36FN3O3/c1-16(2)14-31(15-17(3)4)22-12-11-18(23-24(25(32)33)27(23,5)6)13-21(22)30-26(34)29-20-10-8-7-9-19(20)28/h7-13,16-17,23-24H,14-15H2,1-6H3,(H,32,33)(H2,29,30,34). The number of para-hydroxylation sites is 1. The Kier molecular flexibility index (Phi) is 7.54. The van der Waals surface area contributed by atoms with E-state index in [0.29, 0.717) is 17.5 Å². The second-order valence-electron chi connectivity index (χ2n) is 10.6. The van der Waals surface area contributed by atoms with Crippen molar-refractivity contribution in [1.82, 2.24) is 0 Å². The molecule has 3 N–H and O–H groups in total. The summed E-state index contributed by atoms with van der Waals surface area (Å²) < 4.78 is 14.1. The van der Waals surface area contributed by atoms with Crippen molar-refractivity contribution in [2.75, 3.05) is 28.6 Å². The van der Waals surface area contributed by atoms with Crippen LogP contribution in [0.1, 0.15) is 53.0 Å². The van der Waals surface area contributed by atoms with Gasteiger partial charge in [0.15, 0.2) is 0 Å². The van der Waals surface area contributed by atoms with Crippen LogP contribution in [0.15, 0.2) is 42.5 Å². The molecule has 0 aromatic heterocycles. The lowest BCUT2D eigenvalue weighted by Crippen LogP contribution is -2.32. The SMILES string of the molecule is CC(C)CN(CC(C)C)c1ccc(C2C(C(=O)O)C2(C)C)cc1NC(=O)Nc1ccccc1F. The molecule has 2 atom stereocenters. The van der Waals surface area contributed by atoms with Gasteiger partial charge in [-0.1, -0.05) is 59.7 Å². The van der Waals surface area contributed by atoms with E-state index in [0.717, 1.165) is 24.3 Å². The van der Waals surface area contributed by atoms with Gasteiger partial charge in [0.1, 0.15) is 5.82 Å². The third kappa shape index (κ3) is 5.69. The van der Waals surface area contributed by atoms with Crippen LogP contribution in [0.3, 0.4) is 0 Å². The number of carbonyl (C=O) groups excluding carboxylic acids is 1. The van der Waals surface area contributed by atoms with Gasteiger partial charge in [-0.05, 0) is 47.1 Å². The summed E-state index contributed by atoms with van der Waals surface area (Å²) in [5, 5.41) is 15.1. The minimum absolute atomic E-state index is 0.0909. The Morgan fingerprint density at radius 2 is 1.59 bits per heavy atom. The lowest BCUT2D eigenvalue weighted by Gasteiger charge is -2.31. The van der Waals surface area contributed by atoms with Gasteiger partial charge in [0.25, 0.3) is 0 Å². The van der Waals surface area contributed by atoms with E-state index in [4.69, 9.17) is 0 Å². The number of carbonyl (C=O) groups is 2. The van der Waals surface area contributed by atoms with Crippen LogP contribution >= 0.6 is 0 Å². The summed E-state index contributed by atoms with van der Waals surface area (Å²) >= 11 is 0. The smallest absolute Gasteiger partial charge is 0.323 e. The molecule has 1 aliphatic rings. The van der Waals surface area contributed by atoms with Crippen molar-refractivity contribution in [2.45, 2.75) is 47.5 Å². The zero-order chi connectivity index (χ0) is 25.2. The normalized spacial score (nSPS) is 18.6. The maximum absolute atomic E-state index is 14.1. The summed E-state index contributed by atoms with van der Waals surface area (Å²) in [5.74, 6) is -1.14. The molecule has 1 saturated carbocycles. The van der Waals surface area contributed by atoms with E-state index < -0.39 is 23.7 Å². The van der Waals surface area contributed by atoms with Gasteiger partial charge >= 0.3 is 12.0 Å². The molecule has 2 aromatic carbocycles. The van der Waals surface area contributed by atoms with Crippen LogP contribution in [0.25, 0.3) is 0 Å². The molecule has 0 spiro atoms. The topological polar surface area (TPSA) is 81.7 Å². The summed E-state index contributed by atoms with van der Waals surface area (Å²) in [6.07, 6.45) is 0. The number of benzene rings is 2. The highest BCUT2D eigenvalue weighted by Gasteiger charge is 2.62. The number of hydrogen-bond acceptors (Lipinski definition) is 3. The number of carboxylic acid groups (broad SMARTS) is 1. The Morgan fingerprint density at radius 1 is 1.00 bits per heavy atom. The fraction of sp³-hybridized carbons (Fsp3) is 0.481. The Hall–Kier alpha value is -3.09. The van der Waals surface area contributed by atoms with Crippen LogP contribution in [0, 0.1) is 29.0 Å². The molecular weight excluding hydrogens is 433 g/mol. The molecule has 184 valence electrons. The molecule has 7 heteroatoms. The number of aliphatic carboxylic acids is 1. The summed E-state index contributed by atoms with van der Waals surface area (Å²) in [5.41, 5.74) is 2.04. The third-order valence-electron chi connectivity index (χ3n) is 6.36. The van der Waals surface area contributed by atoms with Crippen molar-refractivity contribution in [1.29, 1.82) is 0 Å². The van der Waals surface area contributed by atoms with Crippen molar-refractivity contribution in [3.05, 3.63) is 53.8 Å². The van der Waals surface area contributed by atoms with E-state index in [1.54, 1.807) is 12.1 Å². The molecule has 2 aromatic rings. The number of nitrogens with one attached hydrogen (secondary N) is 2. The number of amides is 2. The van der Waals surface area contributed by atoms with Gasteiger partial charge in [-0.15, -0.1) is 0 Å². The first-order valence-electron chi connectivity index (χ1n) is 11.9. The Morgan fingerprint density at radius 3 is 2.12 bits per heavy atom. The maximum atomic E-state index is 14.1. The van der Waals surface area contributed by atoms with Crippen LogP contribution in [0.5, 0.6) is 0 Å². The molecule has 0 radical (unpaired) electrons. The highest BCUT2D eigenvalue weighted by molar-refractivity contribution is 6.02. The quantitative estimate of drug-likeness (QED) is 0.396. The molecular formula is C27H36FN3O3. The van der Waals surface area contributed by atoms with Gasteiger partial charge in [0, 0.05) is 19.0 Å². The van der Waals surface area contributed by atoms with Gasteiger partial charge in [-0.3, -0.25) is 4.79 Å². The zero-order valence-corrected chi connectivity index (χ0v) is 20.9. The van der Waals surface area contributed by atoms with Crippen molar-refractivity contribution in [3.63, 3.8) is 0 Å². The maximum Gasteiger partial charge on any atom is 0.323 e. The average Bonchev–Trinajstić information content (AvgIpc) is 3.31. The third-order valence-corrected chi connectivity index (χ3v) is 6.36. The van der Waals surface area contributed by atoms with Crippen molar-refractivity contribution >= 4 is 29.1 Å². The van der Waals surface area contributed by atoms with Gasteiger partial charge in [0.2, 0.25) is 0 Å². The fourth-order valence-electron chi connectivity index (χ4n) is 4.83. The largest absolute Gasteiger partial charge is 0.481 e. The Labute approximate surface area is 201 Å². The summed E-state index contributed by atoms with van der Waals surface area (Å²) in [7, 11) is 0. The highest BCUT2D eigenvalue weighted by atomic mass is 19.1. The predicted octanol–water partition coefficient (Wildman–Crippen LogP) is 6.41. The van der Waals surface area contributed by atoms with E-state index in [1.807, 2.05) is 32.0 Å². The van der Waals surface area contributed by atoms with E-state index in [9.17, 15) is 19.1 Å². The Balaban J connectivity index is 1.97. The lowest BCUT2D eigenvalue weighted by molar-refractivity contribution is -0.139. The molecule has 1 fully saturated rings. The molecule has 1 aliphatic carbocycles. The molecule has 0 saturated heterocycles. The van der Waals surface area contributed by atoms with Gasteiger partial charge in [0.05, 0.1) is 23.0 Å². The number of halogens is 1. The van der Waals surface area contributed by atoms with E-state index in [1.165, 1.54) is 12.1 Å². The predicted molar refractivity (Wildman–Crippen MR) is 135 cm³/mol. The first-order valence-corrected chi connectivity index (χ1v) is 11.9. The summed E-state index contributed by atoms with van der Waals surface area (Å²) in [4.78, 5) is 26.8. The molecule has 6 nitrogen and oxygen atoms in total. The number of rotatable bonds is 9. The molecule has 2 unspecified atom stereocenters. The van der Waals surface area contributed by atoms with Crippen molar-refractivity contribution in [2.24, 2.45) is 23.2 Å². The van der Waals surface area contributed by atoms with Gasteiger partial charge < -0.3 is 20.6 Å². The highest BCUT2D eigenvalue weighted by Crippen LogP contribution is 2.64. The number of carboxylic acids is 1. The second kappa shape index (κ2) is 10.0. The molecule has 0 heterocycles. The van der Waals surface area contributed by atoms with Gasteiger partial charge in [-0.25, -0.2) is 9.18 Å². The Bertz CT molecular complexity index is 1040. The number of nitrogens with zero attached hydrogens (tertiary/aromatic N) is 1. The van der Waals surface area contributed by atoms with E-state index in [-0.39, 0.29) is 17.0 Å². The second-order valence-corrected chi connectivity index (χ2v) is 10.6. The lowest BCUT2D eigenvalue weighted by atomic mass is 10.0. The summed E-state index contributed by atoms with van der Waals surface area (Å²) in [6, 6.07) is 11.3. The van der Waals surface area contributed by atoms with Crippen LogP contribution in [0.4, 0.5) is 26.2 Å². The van der Waals surface area contributed by atoms with E-state index >= 15 is 0 Å². The van der Waals surface area contributed by atoms with Crippen LogP contribution in [-0.2, 0) is 4.79 Å². The molecule has 3 rings (SSSR count). The van der Waals surface area contributed by atoms with Crippen LogP contribution in [-0.4, -0.2) is 30.2 Å². The fourth-order valence-corrected chi connectivity index (χ4v) is 4.83. The minimum atomic E-state index is -0.813. The first-order chi connectivity index (χ1) is 15.9. The molecule has 34 heavy (non-hydrogen) atoms. The van der Waals surface area contributed by atoms with E-state index in [2.05, 4.69) is 43.2 Å². The van der Waals surface area contributed by atoms with Crippen molar-refractivity contribution < 1.29 is 19.1 Å². The summed E-state index contributed by atoms with van der Waals surface area (Å²) in [6.45, 7) is 14.1. The number of hydrogen-bond donors (Lipinski definition) is 3. The number of anilines is 3. The van der Waals surface area contributed by atoms with Crippen molar-refractivity contribution in [3.8, 4) is 0 Å². The zero-order valence-electron chi connectivity index (χ0n) is 20.9. The monoisotopic (exact) mass is 469 g/mol. The molecule has 2 amide bonds. The molecule has 0 bridgehead atoms. The minimum Gasteiger partial charge on any atom is -0.481 e. The average molecular weight is 470 g/mol. The van der Waals surface area contributed by atoms with Crippen LogP contribution in [0.2, 0.25) is 0 Å².